The summed E-state index contributed by atoms with van der Waals surface area (Å²) in [6, 6.07) is 0.699. The third kappa shape index (κ3) is 5.28. The molecule has 3 aromatic rings. The summed E-state index contributed by atoms with van der Waals surface area (Å²) in [6.07, 6.45) is -0.393. The summed E-state index contributed by atoms with van der Waals surface area (Å²) in [5.41, 5.74) is 5.79. The summed E-state index contributed by atoms with van der Waals surface area (Å²) < 4.78 is 53.1. The van der Waals surface area contributed by atoms with Crippen molar-refractivity contribution in [1.29, 1.82) is 0 Å². The Labute approximate surface area is 190 Å². The number of pyridine rings is 1. The minimum atomic E-state index is -4.45. The first-order chi connectivity index (χ1) is 16.1. The molecule has 5 N–H and O–H groups in total. The number of rotatable bonds is 5. The number of aliphatic hydroxyl groups excluding tert-OH is 1. The van der Waals surface area contributed by atoms with Gasteiger partial charge in [-0.25, -0.2) is 14.4 Å². The van der Waals surface area contributed by atoms with Crippen molar-refractivity contribution in [2.24, 2.45) is 0 Å². The molecule has 0 radical (unpaired) electrons. The number of carbonyl (C=O) groups is 1. The van der Waals surface area contributed by atoms with Gasteiger partial charge in [-0.3, -0.25) is 14.5 Å². The maximum atomic E-state index is 14.6. The number of alkyl halides is 3. The minimum Gasteiger partial charge on any atom is -0.391 e. The molecule has 0 saturated carbocycles. The molecule has 10 nitrogen and oxygen atoms in total. The standard InChI is InChI=1S/C20H20F4N8O2/c21-12-5-27-13(10-4-29-32(8-10)9-20(22,23)24)3-11(12)14-7-28-18(25)17(30-14)19(34)31-15-6-26-2-1-16(15)33/h3-5,7-8,15-16,26,33H,1-2,6,9H2,(H2,25,28)(H,31,34). The van der Waals surface area contributed by atoms with Crippen molar-refractivity contribution in [3.05, 3.63) is 42.4 Å². The van der Waals surface area contributed by atoms with Crippen molar-refractivity contribution in [3.8, 4) is 22.5 Å². The molecule has 14 heteroatoms. The Kier molecular flexibility index (Phi) is 6.43. The molecule has 0 aromatic carbocycles. The zero-order valence-electron chi connectivity index (χ0n) is 17.6. The minimum absolute atomic E-state index is 0.0366. The van der Waals surface area contributed by atoms with Crippen LogP contribution in [0.5, 0.6) is 0 Å². The highest BCUT2D eigenvalue weighted by atomic mass is 19.4. The highest BCUT2D eigenvalue weighted by Crippen LogP contribution is 2.27. The van der Waals surface area contributed by atoms with E-state index in [9.17, 15) is 27.5 Å². The number of aliphatic hydroxyl groups is 1. The number of nitrogens with one attached hydrogen (secondary N) is 2. The van der Waals surface area contributed by atoms with E-state index in [2.05, 4.69) is 30.7 Å². The van der Waals surface area contributed by atoms with Gasteiger partial charge in [0.15, 0.2) is 17.3 Å². The SMILES string of the molecule is Nc1ncc(-c2cc(-c3cnn(CC(F)(F)F)c3)ncc2F)nc1C(=O)NC1CNCCC1O. The lowest BCUT2D eigenvalue weighted by Crippen LogP contribution is -2.53. The zero-order valence-corrected chi connectivity index (χ0v) is 17.6. The summed E-state index contributed by atoms with van der Waals surface area (Å²) in [5, 5.41) is 19.4. The average Bonchev–Trinajstić information content (AvgIpc) is 3.23. The van der Waals surface area contributed by atoms with Gasteiger partial charge >= 0.3 is 6.18 Å². The van der Waals surface area contributed by atoms with E-state index in [-0.39, 0.29) is 34.0 Å². The van der Waals surface area contributed by atoms with E-state index < -0.39 is 36.6 Å². The van der Waals surface area contributed by atoms with E-state index in [0.717, 1.165) is 12.4 Å². The molecular weight excluding hydrogens is 460 g/mol. The van der Waals surface area contributed by atoms with Crippen molar-refractivity contribution >= 4 is 11.7 Å². The van der Waals surface area contributed by atoms with Crippen molar-refractivity contribution in [2.45, 2.75) is 31.3 Å². The van der Waals surface area contributed by atoms with Gasteiger partial charge in [-0.05, 0) is 19.0 Å². The van der Waals surface area contributed by atoms with Gasteiger partial charge in [0.25, 0.3) is 5.91 Å². The fourth-order valence-corrected chi connectivity index (χ4v) is 3.48. The van der Waals surface area contributed by atoms with E-state index in [1.54, 1.807) is 0 Å². The summed E-state index contributed by atoms with van der Waals surface area (Å²) in [7, 11) is 0. The second-order valence-electron chi connectivity index (χ2n) is 7.72. The van der Waals surface area contributed by atoms with E-state index >= 15 is 0 Å². The summed E-state index contributed by atoms with van der Waals surface area (Å²) in [6.45, 7) is -0.317. The Morgan fingerprint density at radius 2 is 2.06 bits per heavy atom. The number of amides is 1. The number of halogens is 4. The Hall–Kier alpha value is -3.65. The Morgan fingerprint density at radius 1 is 1.26 bits per heavy atom. The summed E-state index contributed by atoms with van der Waals surface area (Å²) in [4.78, 5) is 24.7. The number of nitrogens with two attached hydrogens (primary N) is 1. The third-order valence-corrected chi connectivity index (χ3v) is 5.18. The van der Waals surface area contributed by atoms with Gasteiger partial charge in [0, 0.05) is 23.9 Å². The molecule has 1 aliphatic heterocycles. The van der Waals surface area contributed by atoms with Gasteiger partial charge in [-0.2, -0.15) is 18.3 Å². The quantitative estimate of drug-likeness (QED) is 0.398. The van der Waals surface area contributed by atoms with E-state index in [1.807, 2.05) is 0 Å². The number of hydrogen-bond donors (Lipinski definition) is 4. The highest BCUT2D eigenvalue weighted by molar-refractivity contribution is 5.97. The van der Waals surface area contributed by atoms with E-state index in [0.29, 0.717) is 24.2 Å². The molecule has 1 fully saturated rings. The Bertz CT molecular complexity index is 1200. The molecule has 2 atom stereocenters. The topological polar surface area (TPSA) is 144 Å². The van der Waals surface area contributed by atoms with Crippen LogP contribution in [0.2, 0.25) is 0 Å². The van der Waals surface area contributed by atoms with Crippen LogP contribution in [-0.4, -0.2) is 67.2 Å². The van der Waals surface area contributed by atoms with Crippen LogP contribution in [0.25, 0.3) is 22.5 Å². The number of anilines is 1. The molecule has 4 rings (SSSR count). The number of piperidine rings is 1. The van der Waals surface area contributed by atoms with Crippen molar-refractivity contribution in [2.75, 3.05) is 18.8 Å². The molecule has 2 unspecified atom stereocenters. The van der Waals surface area contributed by atoms with Gasteiger partial charge < -0.3 is 21.5 Å². The Morgan fingerprint density at radius 3 is 2.79 bits per heavy atom. The first kappa shape index (κ1) is 23.5. The van der Waals surface area contributed by atoms with Gasteiger partial charge in [0.1, 0.15) is 6.54 Å². The van der Waals surface area contributed by atoms with Gasteiger partial charge in [0.2, 0.25) is 0 Å². The van der Waals surface area contributed by atoms with Crippen molar-refractivity contribution < 1.29 is 27.5 Å². The normalized spacial score (nSPS) is 18.6. The number of aromatic nitrogens is 5. The number of nitrogen functional groups attached to an aromatic ring is 1. The molecule has 0 aliphatic carbocycles. The molecule has 1 aliphatic rings. The van der Waals surface area contributed by atoms with E-state index in [1.165, 1.54) is 18.5 Å². The third-order valence-electron chi connectivity index (χ3n) is 5.18. The largest absolute Gasteiger partial charge is 0.408 e. The van der Waals surface area contributed by atoms with Crippen LogP contribution in [-0.2, 0) is 6.54 Å². The second kappa shape index (κ2) is 9.30. The summed E-state index contributed by atoms with van der Waals surface area (Å²) >= 11 is 0. The Balaban J connectivity index is 1.61. The van der Waals surface area contributed by atoms with Crippen LogP contribution in [0.4, 0.5) is 23.4 Å². The van der Waals surface area contributed by atoms with Crippen molar-refractivity contribution in [1.82, 2.24) is 35.4 Å². The molecule has 0 spiro atoms. The van der Waals surface area contributed by atoms with Gasteiger partial charge in [-0.15, -0.1) is 0 Å². The number of hydrogen-bond acceptors (Lipinski definition) is 8. The maximum Gasteiger partial charge on any atom is 0.408 e. The molecule has 3 aromatic heterocycles. The first-order valence-electron chi connectivity index (χ1n) is 10.2. The highest BCUT2D eigenvalue weighted by Gasteiger charge is 2.29. The maximum absolute atomic E-state index is 14.6. The van der Waals surface area contributed by atoms with Gasteiger partial charge in [0.05, 0.1) is 42.1 Å². The fourth-order valence-electron chi connectivity index (χ4n) is 3.48. The number of nitrogens with zero attached hydrogens (tertiary/aromatic N) is 5. The molecular formula is C20H20F4N8O2. The monoisotopic (exact) mass is 480 g/mol. The lowest BCUT2D eigenvalue weighted by molar-refractivity contribution is -0.142. The predicted molar refractivity (Wildman–Crippen MR) is 112 cm³/mol. The molecule has 180 valence electrons. The van der Waals surface area contributed by atoms with Crippen molar-refractivity contribution in [3.63, 3.8) is 0 Å². The van der Waals surface area contributed by atoms with Crippen LogP contribution in [0.15, 0.2) is 30.9 Å². The van der Waals surface area contributed by atoms with Crippen LogP contribution in [0.1, 0.15) is 16.9 Å². The van der Waals surface area contributed by atoms with Crippen LogP contribution < -0.4 is 16.4 Å². The molecule has 4 heterocycles. The van der Waals surface area contributed by atoms with Gasteiger partial charge in [-0.1, -0.05) is 0 Å². The average molecular weight is 480 g/mol. The lowest BCUT2D eigenvalue weighted by Gasteiger charge is -2.29. The fraction of sp³-hybridized carbons (Fsp3) is 0.350. The number of carbonyl (C=O) groups excluding carboxylic acids is 1. The summed E-state index contributed by atoms with van der Waals surface area (Å²) in [5.74, 6) is -1.67. The smallest absolute Gasteiger partial charge is 0.391 e. The molecule has 34 heavy (non-hydrogen) atoms. The molecule has 0 bridgehead atoms. The molecule has 1 amide bonds. The van der Waals surface area contributed by atoms with Crippen LogP contribution in [0.3, 0.4) is 0 Å². The van der Waals surface area contributed by atoms with Crippen LogP contribution in [0, 0.1) is 5.82 Å². The molecule has 1 saturated heterocycles. The first-order valence-corrected chi connectivity index (χ1v) is 10.2. The zero-order chi connectivity index (χ0) is 24.5. The lowest BCUT2D eigenvalue weighted by atomic mass is 10.0. The van der Waals surface area contributed by atoms with E-state index in [4.69, 9.17) is 5.73 Å². The van der Waals surface area contributed by atoms with Crippen LogP contribution >= 0.6 is 0 Å². The predicted octanol–water partition coefficient (Wildman–Crippen LogP) is 1.14. The second-order valence-corrected chi connectivity index (χ2v) is 7.72.